The molecule has 0 spiro atoms. The largest absolute Gasteiger partial charge is 0.481 e. The molecule has 5 atom stereocenters. The molecular formula is C20H30O6. The maximum atomic E-state index is 12.5. The second-order valence-electron chi connectivity index (χ2n) is 8.50. The van der Waals surface area contributed by atoms with Crippen LogP contribution in [0.5, 0.6) is 0 Å². The number of hydrogen-bond donors (Lipinski definition) is 2. The smallest absolute Gasteiger partial charge is 0.308 e. The topological polar surface area (TPSA) is 101 Å². The van der Waals surface area contributed by atoms with E-state index in [0.29, 0.717) is 18.4 Å². The Hall–Kier alpha value is -1.59. The van der Waals surface area contributed by atoms with Crippen molar-refractivity contribution in [3.63, 3.8) is 0 Å². The monoisotopic (exact) mass is 366 g/mol. The Bertz CT molecular complexity index is 520. The quantitative estimate of drug-likeness (QED) is 0.724. The third kappa shape index (κ3) is 4.38. The number of esters is 1. The highest BCUT2D eigenvalue weighted by Crippen LogP contribution is 2.44. The van der Waals surface area contributed by atoms with Gasteiger partial charge in [0, 0.05) is 0 Å². The van der Waals surface area contributed by atoms with Crippen LogP contribution in [0.4, 0.5) is 0 Å². The van der Waals surface area contributed by atoms with Crippen molar-refractivity contribution >= 4 is 17.9 Å². The van der Waals surface area contributed by atoms with Crippen molar-refractivity contribution in [3.05, 3.63) is 0 Å². The molecule has 3 rings (SSSR count). The molecule has 6 heteroatoms. The van der Waals surface area contributed by atoms with Gasteiger partial charge in [0.2, 0.25) is 0 Å². The Balaban J connectivity index is 1.56. The maximum Gasteiger partial charge on any atom is 0.308 e. The van der Waals surface area contributed by atoms with Crippen LogP contribution < -0.4 is 0 Å². The fourth-order valence-electron chi connectivity index (χ4n) is 5.50. The number of hydrogen-bond acceptors (Lipinski definition) is 4. The van der Waals surface area contributed by atoms with Gasteiger partial charge in [0.15, 0.2) is 0 Å². The normalized spacial score (nSPS) is 37.4. The molecule has 0 amide bonds. The van der Waals surface area contributed by atoms with E-state index in [1.807, 2.05) is 0 Å². The molecule has 26 heavy (non-hydrogen) atoms. The lowest BCUT2D eigenvalue weighted by Gasteiger charge is -2.41. The predicted molar refractivity (Wildman–Crippen MR) is 93.3 cm³/mol. The van der Waals surface area contributed by atoms with E-state index in [9.17, 15) is 24.6 Å². The minimum Gasteiger partial charge on any atom is -0.481 e. The van der Waals surface area contributed by atoms with Crippen LogP contribution in [0.1, 0.15) is 64.2 Å². The van der Waals surface area contributed by atoms with E-state index >= 15 is 0 Å². The van der Waals surface area contributed by atoms with E-state index in [4.69, 9.17) is 4.74 Å². The van der Waals surface area contributed by atoms with Gasteiger partial charge >= 0.3 is 17.9 Å². The Morgan fingerprint density at radius 1 is 0.769 bits per heavy atom. The average Bonchev–Trinajstić information content (AvgIpc) is 2.65. The van der Waals surface area contributed by atoms with Crippen molar-refractivity contribution in [1.29, 1.82) is 0 Å². The highest BCUT2D eigenvalue weighted by molar-refractivity contribution is 5.79. The van der Waals surface area contributed by atoms with E-state index in [2.05, 4.69) is 0 Å². The molecule has 3 saturated carbocycles. The number of rotatable bonds is 5. The summed E-state index contributed by atoms with van der Waals surface area (Å²) < 4.78 is 5.60. The lowest BCUT2D eigenvalue weighted by molar-refractivity contribution is -0.158. The number of fused-ring (bicyclic) bond motifs is 1. The van der Waals surface area contributed by atoms with Gasteiger partial charge in [0.1, 0.15) is 0 Å². The Morgan fingerprint density at radius 3 is 2.00 bits per heavy atom. The van der Waals surface area contributed by atoms with Crippen molar-refractivity contribution in [2.75, 3.05) is 6.61 Å². The van der Waals surface area contributed by atoms with Crippen LogP contribution in [0.15, 0.2) is 0 Å². The highest BCUT2D eigenvalue weighted by atomic mass is 16.5. The molecule has 0 saturated heterocycles. The third-order valence-corrected chi connectivity index (χ3v) is 6.90. The first-order valence-electron chi connectivity index (χ1n) is 10.1. The number of carbonyl (C=O) groups excluding carboxylic acids is 1. The zero-order chi connectivity index (χ0) is 18.7. The van der Waals surface area contributed by atoms with Crippen LogP contribution in [0.3, 0.4) is 0 Å². The first kappa shape index (κ1) is 19.2. The third-order valence-electron chi connectivity index (χ3n) is 6.90. The summed E-state index contributed by atoms with van der Waals surface area (Å²) in [5.74, 6) is -2.79. The standard InChI is InChI=1S/C20H30O6/c21-18(22)14-8-15(19(23)24)10-16(9-14)20(25)26-11-13-6-3-5-12-4-1-2-7-17(12)13/h12-17H,1-11H2,(H,21,22)(H,23,24). The van der Waals surface area contributed by atoms with Crippen molar-refractivity contribution in [2.45, 2.75) is 64.2 Å². The molecule has 2 N–H and O–H groups in total. The van der Waals surface area contributed by atoms with Gasteiger partial charge < -0.3 is 14.9 Å². The summed E-state index contributed by atoms with van der Waals surface area (Å²) in [6.45, 7) is 0.409. The van der Waals surface area contributed by atoms with Crippen molar-refractivity contribution < 1.29 is 29.3 Å². The molecule has 146 valence electrons. The lowest BCUT2D eigenvalue weighted by atomic mass is 9.66. The second kappa shape index (κ2) is 8.40. The molecule has 0 aromatic rings. The SMILES string of the molecule is O=C(O)C1CC(C(=O)O)CC(C(=O)OCC2CCCC3CCCCC32)C1. The van der Waals surface area contributed by atoms with Gasteiger partial charge in [-0.15, -0.1) is 0 Å². The minimum atomic E-state index is -1.02. The minimum absolute atomic E-state index is 0.0980. The first-order chi connectivity index (χ1) is 12.5. The lowest BCUT2D eigenvalue weighted by Crippen LogP contribution is -2.37. The molecule has 3 aliphatic carbocycles. The summed E-state index contributed by atoms with van der Waals surface area (Å²) in [6.07, 6.45) is 9.13. The van der Waals surface area contributed by atoms with Gasteiger partial charge in [-0.05, 0) is 49.9 Å². The maximum absolute atomic E-state index is 12.5. The number of carboxylic acids is 2. The molecule has 0 aromatic carbocycles. The van der Waals surface area contributed by atoms with E-state index in [1.165, 1.54) is 38.5 Å². The highest BCUT2D eigenvalue weighted by Gasteiger charge is 2.41. The molecule has 3 fully saturated rings. The molecule has 5 unspecified atom stereocenters. The Morgan fingerprint density at radius 2 is 1.35 bits per heavy atom. The number of carboxylic acid groups (broad SMARTS) is 2. The van der Waals surface area contributed by atoms with Crippen LogP contribution in [0.25, 0.3) is 0 Å². The average molecular weight is 366 g/mol. The number of ether oxygens (including phenoxy) is 1. The van der Waals surface area contributed by atoms with Gasteiger partial charge in [0.25, 0.3) is 0 Å². The van der Waals surface area contributed by atoms with Crippen molar-refractivity contribution in [3.8, 4) is 0 Å². The molecule has 0 radical (unpaired) electrons. The van der Waals surface area contributed by atoms with E-state index in [1.54, 1.807) is 0 Å². The van der Waals surface area contributed by atoms with Crippen LogP contribution >= 0.6 is 0 Å². The summed E-state index contributed by atoms with van der Waals surface area (Å²) in [5.41, 5.74) is 0. The number of aliphatic carboxylic acids is 2. The first-order valence-corrected chi connectivity index (χ1v) is 10.1. The zero-order valence-corrected chi connectivity index (χ0v) is 15.3. The van der Waals surface area contributed by atoms with Gasteiger partial charge in [-0.25, -0.2) is 0 Å². The van der Waals surface area contributed by atoms with Gasteiger partial charge in [-0.2, -0.15) is 0 Å². The van der Waals surface area contributed by atoms with Gasteiger partial charge in [0.05, 0.1) is 24.4 Å². The summed E-state index contributed by atoms with van der Waals surface area (Å²) in [7, 11) is 0. The van der Waals surface area contributed by atoms with Crippen LogP contribution in [-0.2, 0) is 19.1 Å². The summed E-state index contributed by atoms with van der Waals surface area (Å²) in [4.78, 5) is 35.1. The van der Waals surface area contributed by atoms with E-state index in [0.717, 1.165) is 12.3 Å². The van der Waals surface area contributed by atoms with Crippen LogP contribution in [0.2, 0.25) is 0 Å². The number of carbonyl (C=O) groups is 3. The zero-order valence-electron chi connectivity index (χ0n) is 15.3. The van der Waals surface area contributed by atoms with E-state index in [-0.39, 0.29) is 19.3 Å². The molecule has 3 aliphatic rings. The molecule has 0 heterocycles. The van der Waals surface area contributed by atoms with Crippen molar-refractivity contribution in [1.82, 2.24) is 0 Å². The fourth-order valence-corrected chi connectivity index (χ4v) is 5.50. The predicted octanol–water partition coefficient (Wildman–Crippen LogP) is 3.34. The molecule has 0 aliphatic heterocycles. The fraction of sp³-hybridized carbons (Fsp3) is 0.850. The summed E-state index contributed by atoms with van der Waals surface area (Å²) in [6, 6.07) is 0. The van der Waals surface area contributed by atoms with Crippen LogP contribution in [-0.4, -0.2) is 34.7 Å². The van der Waals surface area contributed by atoms with Crippen LogP contribution in [0, 0.1) is 35.5 Å². The van der Waals surface area contributed by atoms with E-state index < -0.39 is 35.7 Å². The molecular weight excluding hydrogens is 336 g/mol. The summed E-state index contributed by atoms with van der Waals surface area (Å²) >= 11 is 0. The van der Waals surface area contributed by atoms with Gasteiger partial charge in [-0.3, -0.25) is 14.4 Å². The van der Waals surface area contributed by atoms with Gasteiger partial charge in [-0.1, -0.05) is 32.1 Å². The Kier molecular flexibility index (Phi) is 6.20. The Labute approximate surface area is 154 Å². The molecule has 0 bridgehead atoms. The second-order valence-corrected chi connectivity index (χ2v) is 8.50. The summed E-state index contributed by atoms with van der Waals surface area (Å²) in [5, 5.41) is 18.5. The molecule has 0 aromatic heterocycles. The molecule has 6 nitrogen and oxygen atoms in total. The van der Waals surface area contributed by atoms with Crippen molar-refractivity contribution in [2.24, 2.45) is 35.5 Å².